The Morgan fingerprint density at radius 1 is 1.21 bits per heavy atom. The van der Waals surface area contributed by atoms with Crippen molar-refractivity contribution in [2.24, 2.45) is 0 Å². The summed E-state index contributed by atoms with van der Waals surface area (Å²) in [6.07, 6.45) is 0. The van der Waals surface area contributed by atoms with Crippen LogP contribution in [0.5, 0.6) is 0 Å². The van der Waals surface area contributed by atoms with Gasteiger partial charge < -0.3 is 0 Å². The van der Waals surface area contributed by atoms with Crippen LogP contribution in [0.1, 0.15) is 11.1 Å². The minimum Gasteiger partial charge on any atom is -0.254 e. The number of hydrogen-bond donors (Lipinski definition) is 0. The molecule has 0 fully saturated rings. The van der Waals surface area contributed by atoms with Gasteiger partial charge in [-0.2, -0.15) is 5.26 Å². The minimum atomic E-state index is -1.37. The van der Waals surface area contributed by atoms with Crippen molar-refractivity contribution in [3.05, 3.63) is 64.4 Å². The lowest BCUT2D eigenvalue weighted by atomic mass is 10.1. The molecule has 0 aromatic heterocycles. The molecule has 96 valence electrons. The number of halogens is 2. The summed E-state index contributed by atoms with van der Waals surface area (Å²) in [6, 6.07) is 12.5. The topological polar surface area (TPSA) is 40.9 Å². The average molecular weight is 294 g/mol. The zero-order chi connectivity index (χ0) is 13.8. The van der Waals surface area contributed by atoms with Crippen LogP contribution < -0.4 is 0 Å². The van der Waals surface area contributed by atoms with Crippen molar-refractivity contribution in [3.8, 4) is 6.07 Å². The second-order valence-corrected chi connectivity index (χ2v) is 5.75. The third-order valence-corrected chi connectivity index (χ3v) is 4.16. The Balaban J connectivity index is 2.24. The van der Waals surface area contributed by atoms with Gasteiger partial charge in [0.1, 0.15) is 5.82 Å². The van der Waals surface area contributed by atoms with Crippen LogP contribution in [0.4, 0.5) is 4.39 Å². The SMILES string of the molecule is N#Cc1ccc(F)c(CS(=O)c2ccc(Cl)cc2)c1. The average Bonchev–Trinajstić information content (AvgIpc) is 2.42. The van der Waals surface area contributed by atoms with Gasteiger partial charge in [0.05, 0.1) is 28.2 Å². The van der Waals surface area contributed by atoms with E-state index in [2.05, 4.69) is 0 Å². The Bertz CT molecular complexity index is 664. The molecule has 0 spiro atoms. The van der Waals surface area contributed by atoms with E-state index in [0.717, 1.165) is 0 Å². The molecule has 5 heteroatoms. The molecule has 0 N–H and O–H groups in total. The van der Waals surface area contributed by atoms with Crippen molar-refractivity contribution < 1.29 is 8.60 Å². The van der Waals surface area contributed by atoms with Gasteiger partial charge in [-0.15, -0.1) is 0 Å². The molecule has 0 bridgehead atoms. The fraction of sp³-hybridized carbons (Fsp3) is 0.0714. The maximum absolute atomic E-state index is 13.6. The van der Waals surface area contributed by atoms with E-state index >= 15 is 0 Å². The number of benzene rings is 2. The van der Waals surface area contributed by atoms with Gasteiger partial charge in [0.15, 0.2) is 0 Å². The molecular weight excluding hydrogens is 285 g/mol. The largest absolute Gasteiger partial charge is 0.254 e. The first-order valence-electron chi connectivity index (χ1n) is 5.42. The van der Waals surface area contributed by atoms with E-state index in [0.29, 0.717) is 15.5 Å². The molecule has 2 rings (SSSR count). The van der Waals surface area contributed by atoms with Gasteiger partial charge in [-0.1, -0.05) is 11.6 Å². The minimum absolute atomic E-state index is 0.0307. The number of hydrogen-bond acceptors (Lipinski definition) is 2. The highest BCUT2D eigenvalue weighted by Crippen LogP contribution is 2.18. The van der Waals surface area contributed by atoms with Crippen LogP contribution in [0, 0.1) is 17.1 Å². The first-order valence-corrected chi connectivity index (χ1v) is 7.12. The summed E-state index contributed by atoms with van der Waals surface area (Å²) in [4.78, 5) is 0.575. The third-order valence-electron chi connectivity index (χ3n) is 2.54. The molecule has 19 heavy (non-hydrogen) atoms. The summed E-state index contributed by atoms with van der Waals surface area (Å²) in [6.45, 7) is 0. The monoisotopic (exact) mass is 293 g/mol. The van der Waals surface area contributed by atoms with E-state index in [-0.39, 0.29) is 11.3 Å². The summed E-state index contributed by atoms with van der Waals surface area (Å²) < 4.78 is 25.7. The lowest BCUT2D eigenvalue weighted by molar-refractivity contribution is 0.615. The van der Waals surface area contributed by atoms with E-state index in [1.807, 2.05) is 6.07 Å². The van der Waals surface area contributed by atoms with Crippen molar-refractivity contribution in [3.63, 3.8) is 0 Å². The molecule has 0 amide bonds. The second-order valence-electron chi connectivity index (χ2n) is 3.86. The maximum atomic E-state index is 13.6. The Kier molecular flexibility index (Phi) is 4.31. The van der Waals surface area contributed by atoms with E-state index < -0.39 is 16.6 Å². The lowest BCUT2D eigenvalue weighted by Gasteiger charge is -2.04. The predicted octanol–water partition coefficient (Wildman–Crippen LogP) is 3.66. The fourth-order valence-corrected chi connectivity index (χ4v) is 2.80. The zero-order valence-electron chi connectivity index (χ0n) is 9.77. The van der Waals surface area contributed by atoms with Crippen molar-refractivity contribution in [1.29, 1.82) is 5.26 Å². The Morgan fingerprint density at radius 3 is 2.53 bits per heavy atom. The van der Waals surface area contributed by atoms with E-state index in [1.54, 1.807) is 24.3 Å². The highest BCUT2D eigenvalue weighted by molar-refractivity contribution is 7.84. The fourth-order valence-electron chi connectivity index (χ4n) is 1.57. The van der Waals surface area contributed by atoms with Crippen LogP contribution in [-0.4, -0.2) is 4.21 Å². The van der Waals surface area contributed by atoms with Gasteiger partial charge in [0.25, 0.3) is 0 Å². The molecule has 2 aromatic carbocycles. The van der Waals surface area contributed by atoms with Gasteiger partial charge in [-0.25, -0.2) is 4.39 Å². The number of nitriles is 1. The maximum Gasteiger partial charge on any atom is 0.127 e. The zero-order valence-corrected chi connectivity index (χ0v) is 11.3. The smallest absolute Gasteiger partial charge is 0.127 e. The molecule has 0 radical (unpaired) electrons. The van der Waals surface area contributed by atoms with Crippen LogP contribution in [0.2, 0.25) is 5.02 Å². The van der Waals surface area contributed by atoms with Crippen LogP contribution in [0.3, 0.4) is 0 Å². The van der Waals surface area contributed by atoms with Gasteiger partial charge in [0, 0.05) is 15.5 Å². The van der Waals surface area contributed by atoms with Crippen molar-refractivity contribution >= 4 is 22.4 Å². The van der Waals surface area contributed by atoms with Crippen LogP contribution in [0.25, 0.3) is 0 Å². The second kappa shape index (κ2) is 5.96. The molecular formula is C14H9ClFNOS. The molecule has 2 aromatic rings. The Labute approximate surface area is 117 Å². The normalized spacial score (nSPS) is 11.8. The highest BCUT2D eigenvalue weighted by Gasteiger charge is 2.10. The van der Waals surface area contributed by atoms with Crippen molar-refractivity contribution in [2.75, 3.05) is 0 Å². The summed E-state index contributed by atoms with van der Waals surface area (Å²) in [5.74, 6) is -0.426. The predicted molar refractivity (Wildman–Crippen MR) is 72.7 cm³/mol. The first kappa shape index (κ1) is 13.7. The van der Waals surface area contributed by atoms with Crippen LogP contribution in [0.15, 0.2) is 47.4 Å². The molecule has 0 aliphatic carbocycles. The first-order chi connectivity index (χ1) is 9.10. The number of rotatable bonds is 3. The molecule has 2 nitrogen and oxygen atoms in total. The van der Waals surface area contributed by atoms with E-state index in [4.69, 9.17) is 16.9 Å². The summed E-state index contributed by atoms with van der Waals surface area (Å²) in [5.41, 5.74) is 0.622. The third kappa shape index (κ3) is 3.40. The van der Waals surface area contributed by atoms with Crippen molar-refractivity contribution in [2.45, 2.75) is 10.6 Å². The Morgan fingerprint density at radius 2 is 1.89 bits per heavy atom. The highest BCUT2D eigenvalue weighted by atomic mass is 35.5. The van der Waals surface area contributed by atoms with Crippen molar-refractivity contribution in [1.82, 2.24) is 0 Å². The summed E-state index contributed by atoms with van der Waals surface area (Å²) in [5, 5.41) is 9.33. The Hall–Kier alpha value is -1.70. The van der Waals surface area contributed by atoms with Gasteiger partial charge in [-0.3, -0.25) is 4.21 Å². The van der Waals surface area contributed by atoms with Crippen LogP contribution >= 0.6 is 11.6 Å². The van der Waals surface area contributed by atoms with E-state index in [9.17, 15) is 8.60 Å². The molecule has 0 aliphatic heterocycles. The quantitative estimate of drug-likeness (QED) is 0.866. The molecule has 0 heterocycles. The lowest BCUT2D eigenvalue weighted by Crippen LogP contribution is -1.99. The summed E-state index contributed by atoms with van der Waals surface area (Å²) >= 11 is 5.75. The molecule has 0 aliphatic rings. The molecule has 0 saturated carbocycles. The van der Waals surface area contributed by atoms with Gasteiger partial charge >= 0.3 is 0 Å². The number of nitrogens with zero attached hydrogens (tertiary/aromatic N) is 1. The van der Waals surface area contributed by atoms with Gasteiger partial charge in [-0.05, 0) is 42.5 Å². The molecule has 0 saturated heterocycles. The van der Waals surface area contributed by atoms with E-state index in [1.165, 1.54) is 18.2 Å². The molecule has 1 atom stereocenters. The van der Waals surface area contributed by atoms with Crippen LogP contribution in [-0.2, 0) is 16.6 Å². The van der Waals surface area contributed by atoms with Gasteiger partial charge in [0.2, 0.25) is 0 Å². The summed E-state index contributed by atoms with van der Waals surface area (Å²) in [7, 11) is -1.37. The molecule has 1 unspecified atom stereocenters. The standard InChI is InChI=1S/C14H9ClFNOS/c15-12-2-4-13(5-3-12)19(18)9-11-7-10(8-17)1-6-14(11)16/h1-7H,9H2.